The molecule has 0 unspecified atom stereocenters. The highest BCUT2D eigenvalue weighted by Gasteiger charge is 2.22. The Bertz CT molecular complexity index is 891. The molecule has 138 valence electrons. The molecule has 0 fully saturated rings. The molecule has 0 aliphatic heterocycles. The number of para-hydroxylation sites is 1. The van der Waals surface area contributed by atoms with Crippen LogP contribution in [0.15, 0.2) is 35.6 Å². The topological polar surface area (TPSA) is 51.1 Å². The van der Waals surface area contributed by atoms with Crippen molar-refractivity contribution in [2.24, 2.45) is 0 Å². The smallest absolute Gasteiger partial charge is 0.261 e. The number of allylic oxidation sites excluding steroid dienone is 1. The van der Waals surface area contributed by atoms with E-state index in [2.05, 4.69) is 11.9 Å². The summed E-state index contributed by atoms with van der Waals surface area (Å²) in [7, 11) is 0. The zero-order chi connectivity index (χ0) is 19.4. The summed E-state index contributed by atoms with van der Waals surface area (Å²) in [5, 5.41) is 3.03. The lowest BCUT2D eigenvalue weighted by molar-refractivity contribution is 0.102. The van der Waals surface area contributed by atoms with Crippen LogP contribution in [0.3, 0.4) is 0 Å². The second-order valence-corrected chi connectivity index (χ2v) is 6.58. The third-order valence-corrected chi connectivity index (χ3v) is 5.14. The summed E-state index contributed by atoms with van der Waals surface area (Å²) in [6.45, 7) is 11.8. The van der Waals surface area contributed by atoms with Crippen molar-refractivity contribution in [2.75, 3.05) is 5.32 Å². The first-order valence-corrected chi connectivity index (χ1v) is 9.17. The minimum Gasteiger partial charge on any atom is -0.343 e. The molecule has 0 saturated heterocycles. The van der Waals surface area contributed by atoms with Crippen LogP contribution in [-0.4, -0.2) is 10.5 Å². The van der Waals surface area contributed by atoms with Gasteiger partial charge in [-0.05, 0) is 37.8 Å². The molecule has 0 bridgehead atoms. The van der Waals surface area contributed by atoms with Crippen LogP contribution in [0.5, 0.6) is 0 Å². The SMILES string of the molecule is C=CCn1c(C)c(Cl)c(=O)c(C(=O)Nc2c(CC)cccc2CC)c1C. The molecule has 0 aliphatic carbocycles. The minimum atomic E-state index is -0.438. The molecule has 4 nitrogen and oxygen atoms in total. The Morgan fingerprint density at radius 3 is 2.27 bits per heavy atom. The second-order valence-electron chi connectivity index (χ2n) is 6.20. The third kappa shape index (κ3) is 3.61. The average Bonchev–Trinajstić information content (AvgIpc) is 2.63. The van der Waals surface area contributed by atoms with Crippen LogP contribution in [0, 0.1) is 13.8 Å². The lowest BCUT2D eigenvalue weighted by atomic mass is 10.0. The molecule has 1 aromatic carbocycles. The van der Waals surface area contributed by atoms with E-state index in [0.29, 0.717) is 17.9 Å². The second kappa shape index (κ2) is 8.37. The standard InChI is InChI=1S/C21H25ClN2O2/c1-6-12-24-13(4)17(20(25)18(22)14(24)5)21(26)23-19-15(7-2)10-9-11-16(19)8-3/h6,9-11H,1,7-8,12H2,2-5H3,(H,23,26). The van der Waals surface area contributed by atoms with Gasteiger partial charge in [-0.1, -0.05) is 49.7 Å². The van der Waals surface area contributed by atoms with Crippen LogP contribution < -0.4 is 10.7 Å². The molecule has 26 heavy (non-hydrogen) atoms. The predicted molar refractivity (Wildman–Crippen MR) is 109 cm³/mol. The fraction of sp³-hybridized carbons (Fsp3) is 0.333. The first kappa shape index (κ1) is 20.0. The summed E-state index contributed by atoms with van der Waals surface area (Å²) < 4.78 is 1.83. The number of hydrogen-bond donors (Lipinski definition) is 1. The molecule has 2 rings (SSSR count). The van der Waals surface area contributed by atoms with Crippen LogP contribution in [0.2, 0.25) is 5.02 Å². The Hall–Kier alpha value is -2.33. The van der Waals surface area contributed by atoms with Gasteiger partial charge in [-0.3, -0.25) is 9.59 Å². The molecular weight excluding hydrogens is 348 g/mol. The van der Waals surface area contributed by atoms with Gasteiger partial charge in [0.15, 0.2) is 0 Å². The number of halogens is 1. The number of carbonyl (C=O) groups excluding carboxylic acids is 1. The third-order valence-electron chi connectivity index (χ3n) is 4.69. The number of benzene rings is 1. The first-order valence-electron chi connectivity index (χ1n) is 8.79. The van der Waals surface area contributed by atoms with Crippen LogP contribution >= 0.6 is 11.6 Å². The zero-order valence-corrected chi connectivity index (χ0v) is 16.5. The normalized spacial score (nSPS) is 10.7. The summed E-state index contributed by atoms with van der Waals surface area (Å²) in [5.74, 6) is -0.428. The fourth-order valence-corrected chi connectivity index (χ4v) is 3.39. The molecule has 1 aromatic heterocycles. The Labute approximate surface area is 159 Å². The number of amides is 1. The first-order chi connectivity index (χ1) is 12.4. The molecule has 2 aromatic rings. The Balaban J connectivity index is 2.59. The number of nitrogens with one attached hydrogen (secondary N) is 1. The molecule has 0 radical (unpaired) electrons. The van der Waals surface area contributed by atoms with E-state index in [1.165, 1.54) is 0 Å². The van der Waals surface area contributed by atoms with Gasteiger partial charge >= 0.3 is 0 Å². The molecule has 1 N–H and O–H groups in total. The van der Waals surface area contributed by atoms with Gasteiger partial charge in [0, 0.05) is 23.6 Å². The highest BCUT2D eigenvalue weighted by molar-refractivity contribution is 6.31. The maximum absolute atomic E-state index is 13.0. The van der Waals surface area contributed by atoms with Gasteiger partial charge in [0.25, 0.3) is 5.91 Å². The Kier molecular flexibility index (Phi) is 6.43. The van der Waals surface area contributed by atoms with E-state index in [1.807, 2.05) is 36.6 Å². The van der Waals surface area contributed by atoms with Crippen LogP contribution in [-0.2, 0) is 19.4 Å². The molecule has 0 atom stereocenters. The minimum absolute atomic E-state index is 0.0714. The van der Waals surface area contributed by atoms with Gasteiger partial charge in [0.1, 0.15) is 10.6 Å². The summed E-state index contributed by atoms with van der Waals surface area (Å²) in [6, 6.07) is 5.96. The summed E-state index contributed by atoms with van der Waals surface area (Å²) in [4.78, 5) is 25.7. The highest BCUT2D eigenvalue weighted by atomic mass is 35.5. The zero-order valence-electron chi connectivity index (χ0n) is 15.8. The Morgan fingerprint density at radius 1 is 1.19 bits per heavy atom. The quantitative estimate of drug-likeness (QED) is 0.748. The molecule has 5 heteroatoms. The van der Waals surface area contributed by atoms with Gasteiger partial charge in [-0.2, -0.15) is 0 Å². The van der Waals surface area contributed by atoms with E-state index < -0.39 is 11.3 Å². The largest absolute Gasteiger partial charge is 0.343 e. The highest BCUT2D eigenvalue weighted by Crippen LogP contribution is 2.24. The van der Waals surface area contributed by atoms with Crippen molar-refractivity contribution in [2.45, 2.75) is 47.1 Å². The van der Waals surface area contributed by atoms with Crippen molar-refractivity contribution in [1.29, 1.82) is 0 Å². The number of carbonyl (C=O) groups is 1. The molecule has 0 spiro atoms. The van der Waals surface area contributed by atoms with Crippen molar-refractivity contribution in [3.63, 3.8) is 0 Å². The van der Waals surface area contributed by atoms with Gasteiger partial charge in [-0.25, -0.2) is 0 Å². The van der Waals surface area contributed by atoms with Crippen molar-refractivity contribution in [1.82, 2.24) is 4.57 Å². The lowest BCUT2D eigenvalue weighted by Gasteiger charge is -2.19. The summed E-state index contributed by atoms with van der Waals surface area (Å²) >= 11 is 6.21. The number of pyridine rings is 1. The number of hydrogen-bond acceptors (Lipinski definition) is 2. The van der Waals surface area contributed by atoms with E-state index >= 15 is 0 Å². The number of anilines is 1. The van der Waals surface area contributed by atoms with E-state index in [4.69, 9.17) is 11.6 Å². The summed E-state index contributed by atoms with van der Waals surface area (Å²) in [6.07, 6.45) is 3.29. The van der Waals surface area contributed by atoms with Crippen molar-refractivity contribution in [3.8, 4) is 0 Å². The average molecular weight is 373 g/mol. The maximum Gasteiger partial charge on any atom is 0.261 e. The predicted octanol–water partition coefficient (Wildman–Crippen LogP) is 4.68. The number of rotatable bonds is 6. The number of aryl methyl sites for hydroxylation is 2. The van der Waals surface area contributed by atoms with Crippen LogP contribution in [0.1, 0.15) is 46.7 Å². The monoisotopic (exact) mass is 372 g/mol. The van der Waals surface area contributed by atoms with Crippen molar-refractivity contribution >= 4 is 23.2 Å². The van der Waals surface area contributed by atoms with Crippen molar-refractivity contribution in [3.05, 3.63) is 74.2 Å². The van der Waals surface area contributed by atoms with E-state index in [9.17, 15) is 9.59 Å². The fourth-order valence-electron chi connectivity index (χ4n) is 3.19. The van der Waals surface area contributed by atoms with Crippen LogP contribution in [0.25, 0.3) is 0 Å². The maximum atomic E-state index is 13.0. The molecule has 1 heterocycles. The van der Waals surface area contributed by atoms with Gasteiger partial charge in [0.05, 0.1) is 0 Å². The van der Waals surface area contributed by atoms with E-state index in [1.54, 1.807) is 19.9 Å². The number of nitrogens with zero attached hydrogens (tertiary/aromatic N) is 1. The molecule has 0 saturated carbocycles. The lowest BCUT2D eigenvalue weighted by Crippen LogP contribution is -2.28. The van der Waals surface area contributed by atoms with Crippen LogP contribution in [0.4, 0.5) is 5.69 Å². The van der Waals surface area contributed by atoms with E-state index in [0.717, 1.165) is 29.7 Å². The Morgan fingerprint density at radius 2 is 1.77 bits per heavy atom. The molecule has 0 aliphatic rings. The van der Waals surface area contributed by atoms with Gasteiger partial charge in [0.2, 0.25) is 5.43 Å². The number of aromatic nitrogens is 1. The molecule has 1 amide bonds. The van der Waals surface area contributed by atoms with Gasteiger partial charge in [-0.15, -0.1) is 6.58 Å². The summed E-state index contributed by atoms with van der Waals surface area (Å²) in [5.41, 5.74) is 3.73. The van der Waals surface area contributed by atoms with Crippen molar-refractivity contribution < 1.29 is 4.79 Å². The van der Waals surface area contributed by atoms with E-state index in [-0.39, 0.29) is 10.6 Å². The molecular formula is C21H25ClN2O2. The van der Waals surface area contributed by atoms with Gasteiger partial charge < -0.3 is 9.88 Å².